The van der Waals surface area contributed by atoms with Crippen LogP contribution in [0.15, 0.2) is 36.4 Å². The fourth-order valence-corrected chi connectivity index (χ4v) is 3.04. The Morgan fingerprint density at radius 1 is 1.16 bits per heavy atom. The Morgan fingerprint density at radius 3 is 2.47 bits per heavy atom. The molecule has 1 fully saturated rings. The summed E-state index contributed by atoms with van der Waals surface area (Å²) < 4.78 is 0. The Bertz CT molecular complexity index is 601. The highest BCUT2D eigenvalue weighted by Crippen LogP contribution is 2.31. The number of fused-ring (bicyclic) bond motifs is 1. The lowest BCUT2D eigenvalue weighted by molar-refractivity contribution is 0.285. The van der Waals surface area contributed by atoms with Crippen LogP contribution in [-0.4, -0.2) is 18.0 Å². The maximum absolute atomic E-state index is 6.21. The van der Waals surface area contributed by atoms with Crippen LogP contribution in [0.5, 0.6) is 0 Å². The summed E-state index contributed by atoms with van der Waals surface area (Å²) in [5.74, 6) is 0. The van der Waals surface area contributed by atoms with E-state index in [1.165, 1.54) is 35.8 Å². The molecule has 1 aliphatic rings. The van der Waals surface area contributed by atoms with Crippen LogP contribution < -0.4 is 5.73 Å². The maximum Gasteiger partial charge on any atom is 0.0366 e. The lowest BCUT2D eigenvalue weighted by Crippen LogP contribution is -2.23. The van der Waals surface area contributed by atoms with Crippen molar-refractivity contribution in [1.29, 1.82) is 0 Å². The molecule has 19 heavy (non-hydrogen) atoms. The van der Waals surface area contributed by atoms with Gasteiger partial charge in [-0.05, 0) is 46.8 Å². The number of likely N-dealkylation sites (tertiary alicyclic amines) is 1. The van der Waals surface area contributed by atoms with Crippen molar-refractivity contribution in [3.05, 3.63) is 42.0 Å². The number of hydrogen-bond acceptors (Lipinski definition) is 2. The van der Waals surface area contributed by atoms with Gasteiger partial charge in [-0.2, -0.15) is 0 Å². The minimum Gasteiger partial charge on any atom is -0.398 e. The summed E-state index contributed by atoms with van der Waals surface area (Å²) in [5.41, 5.74) is 8.84. The molecule has 0 unspecified atom stereocenters. The number of rotatable bonds is 2. The molecule has 0 saturated carbocycles. The van der Waals surface area contributed by atoms with Crippen molar-refractivity contribution >= 4 is 16.5 Å². The monoisotopic (exact) mass is 254 g/mol. The molecular formula is C17H22N2. The number of nitrogens with two attached hydrogens (primary N) is 1. The van der Waals surface area contributed by atoms with Gasteiger partial charge in [-0.1, -0.05) is 38.1 Å². The van der Waals surface area contributed by atoms with E-state index >= 15 is 0 Å². The van der Waals surface area contributed by atoms with Gasteiger partial charge >= 0.3 is 0 Å². The van der Waals surface area contributed by atoms with Crippen molar-refractivity contribution in [1.82, 2.24) is 4.90 Å². The van der Waals surface area contributed by atoms with E-state index < -0.39 is 0 Å². The van der Waals surface area contributed by atoms with Crippen LogP contribution in [0.2, 0.25) is 0 Å². The maximum atomic E-state index is 6.21. The Balaban J connectivity index is 1.87. The fourth-order valence-electron chi connectivity index (χ4n) is 3.04. The molecule has 0 aromatic heterocycles. The van der Waals surface area contributed by atoms with E-state index in [1.807, 2.05) is 0 Å². The molecule has 0 radical (unpaired) electrons. The first kappa shape index (κ1) is 12.5. The number of nitrogen functional groups attached to an aromatic ring is 1. The molecule has 0 aliphatic carbocycles. The van der Waals surface area contributed by atoms with Crippen molar-refractivity contribution in [3.8, 4) is 0 Å². The number of benzene rings is 2. The van der Waals surface area contributed by atoms with E-state index in [1.54, 1.807) is 0 Å². The molecule has 0 atom stereocenters. The number of hydrogen-bond donors (Lipinski definition) is 1. The van der Waals surface area contributed by atoms with Crippen LogP contribution in [0.1, 0.15) is 25.8 Å². The molecular weight excluding hydrogens is 232 g/mol. The first-order valence-electron chi connectivity index (χ1n) is 7.03. The van der Waals surface area contributed by atoms with Crippen LogP contribution in [-0.2, 0) is 6.54 Å². The van der Waals surface area contributed by atoms with Crippen LogP contribution in [0.4, 0.5) is 5.69 Å². The topological polar surface area (TPSA) is 29.3 Å². The fraction of sp³-hybridized carbons (Fsp3) is 0.412. The highest BCUT2D eigenvalue weighted by Gasteiger charge is 2.29. The highest BCUT2D eigenvalue weighted by atomic mass is 15.2. The van der Waals surface area contributed by atoms with Crippen molar-refractivity contribution in [2.75, 3.05) is 18.8 Å². The van der Waals surface area contributed by atoms with E-state index in [4.69, 9.17) is 5.73 Å². The summed E-state index contributed by atoms with van der Waals surface area (Å²) in [6.07, 6.45) is 1.28. The molecule has 1 aliphatic heterocycles. The zero-order valence-corrected chi connectivity index (χ0v) is 11.8. The standard InChI is InChI=1S/C17H22N2/c1-17(2)7-8-19(12-17)11-15-9-13-5-3-4-6-14(13)10-16(15)18/h3-6,9-10H,7-8,11-12,18H2,1-2H3. The van der Waals surface area contributed by atoms with Crippen LogP contribution >= 0.6 is 0 Å². The van der Waals surface area contributed by atoms with Gasteiger partial charge in [-0.25, -0.2) is 0 Å². The average Bonchev–Trinajstić information content (AvgIpc) is 2.70. The molecule has 1 heterocycles. The smallest absolute Gasteiger partial charge is 0.0366 e. The first-order chi connectivity index (χ1) is 9.03. The molecule has 0 spiro atoms. The van der Waals surface area contributed by atoms with Gasteiger partial charge in [0.1, 0.15) is 0 Å². The van der Waals surface area contributed by atoms with Gasteiger partial charge < -0.3 is 5.73 Å². The van der Waals surface area contributed by atoms with Crippen molar-refractivity contribution < 1.29 is 0 Å². The van der Waals surface area contributed by atoms with Gasteiger partial charge in [0.2, 0.25) is 0 Å². The van der Waals surface area contributed by atoms with Gasteiger partial charge in [0.15, 0.2) is 0 Å². The molecule has 2 aromatic rings. The molecule has 2 N–H and O–H groups in total. The molecule has 0 amide bonds. The van der Waals surface area contributed by atoms with Crippen LogP contribution in [0.3, 0.4) is 0 Å². The third-order valence-corrected chi connectivity index (χ3v) is 4.16. The Morgan fingerprint density at radius 2 is 1.84 bits per heavy atom. The molecule has 2 heteroatoms. The number of anilines is 1. The Hall–Kier alpha value is -1.54. The predicted molar refractivity (Wildman–Crippen MR) is 82.0 cm³/mol. The van der Waals surface area contributed by atoms with Gasteiger partial charge in [0, 0.05) is 18.8 Å². The quantitative estimate of drug-likeness (QED) is 0.829. The van der Waals surface area contributed by atoms with Crippen molar-refractivity contribution in [3.63, 3.8) is 0 Å². The molecule has 0 bridgehead atoms. The van der Waals surface area contributed by atoms with E-state index in [0.29, 0.717) is 5.41 Å². The van der Waals surface area contributed by atoms with E-state index in [9.17, 15) is 0 Å². The summed E-state index contributed by atoms with van der Waals surface area (Å²) in [5, 5.41) is 2.51. The molecule has 1 saturated heterocycles. The summed E-state index contributed by atoms with van der Waals surface area (Å²) in [6.45, 7) is 8.01. The Kier molecular flexibility index (Phi) is 2.98. The predicted octanol–water partition coefficient (Wildman–Crippen LogP) is 3.65. The second-order valence-corrected chi connectivity index (χ2v) is 6.52. The minimum absolute atomic E-state index is 0.450. The van der Waals surface area contributed by atoms with Gasteiger partial charge in [-0.3, -0.25) is 4.90 Å². The third-order valence-electron chi connectivity index (χ3n) is 4.16. The lowest BCUT2D eigenvalue weighted by Gasteiger charge is -2.20. The van der Waals surface area contributed by atoms with Crippen LogP contribution in [0.25, 0.3) is 10.8 Å². The van der Waals surface area contributed by atoms with Crippen molar-refractivity contribution in [2.24, 2.45) is 5.41 Å². The Labute approximate surface area is 115 Å². The second-order valence-electron chi connectivity index (χ2n) is 6.52. The molecule has 2 nitrogen and oxygen atoms in total. The molecule has 2 aromatic carbocycles. The zero-order chi connectivity index (χ0) is 13.5. The number of nitrogens with zero attached hydrogens (tertiary/aromatic N) is 1. The largest absolute Gasteiger partial charge is 0.398 e. The third kappa shape index (κ3) is 2.59. The SMILES string of the molecule is CC1(C)CCN(Cc2cc3ccccc3cc2N)C1. The summed E-state index contributed by atoms with van der Waals surface area (Å²) in [4.78, 5) is 2.51. The average molecular weight is 254 g/mol. The van der Waals surface area contributed by atoms with Gasteiger partial charge in [-0.15, -0.1) is 0 Å². The first-order valence-corrected chi connectivity index (χ1v) is 7.03. The minimum atomic E-state index is 0.450. The highest BCUT2D eigenvalue weighted by molar-refractivity contribution is 5.86. The summed E-state index contributed by atoms with van der Waals surface area (Å²) >= 11 is 0. The molecule has 100 valence electrons. The lowest BCUT2D eigenvalue weighted by atomic mass is 9.93. The summed E-state index contributed by atoms with van der Waals surface area (Å²) in [6, 6.07) is 12.8. The van der Waals surface area contributed by atoms with Crippen LogP contribution in [0, 0.1) is 5.41 Å². The van der Waals surface area contributed by atoms with Crippen molar-refractivity contribution in [2.45, 2.75) is 26.8 Å². The second kappa shape index (κ2) is 4.53. The molecule has 3 rings (SSSR count). The van der Waals surface area contributed by atoms with Gasteiger partial charge in [0.05, 0.1) is 0 Å². The van der Waals surface area contributed by atoms with E-state index in [2.05, 4.69) is 55.1 Å². The van der Waals surface area contributed by atoms with Gasteiger partial charge in [0.25, 0.3) is 0 Å². The van der Waals surface area contributed by atoms with E-state index in [-0.39, 0.29) is 0 Å². The van der Waals surface area contributed by atoms with E-state index in [0.717, 1.165) is 12.2 Å². The normalized spacial score (nSPS) is 19.1. The summed E-state index contributed by atoms with van der Waals surface area (Å²) in [7, 11) is 0. The zero-order valence-electron chi connectivity index (χ0n) is 11.8.